The Hall–Kier alpha value is -1.92. The van der Waals surface area contributed by atoms with Gasteiger partial charge in [0.15, 0.2) is 0 Å². The maximum absolute atomic E-state index is 12.7. The van der Waals surface area contributed by atoms with E-state index < -0.39 is 24.0 Å². The number of hydrogen-bond donors (Lipinski definition) is 3. The zero-order valence-electron chi connectivity index (χ0n) is 20.1. The van der Waals surface area contributed by atoms with Crippen molar-refractivity contribution in [3.63, 3.8) is 0 Å². The molecule has 4 atom stereocenters. The van der Waals surface area contributed by atoms with Gasteiger partial charge in [0.1, 0.15) is 0 Å². The molecule has 0 amide bonds. The van der Waals surface area contributed by atoms with Gasteiger partial charge >= 0.3 is 11.9 Å². The number of hydrogen-bond acceptors (Lipinski definition) is 5. The summed E-state index contributed by atoms with van der Waals surface area (Å²) in [7, 11) is 0. The van der Waals surface area contributed by atoms with E-state index in [0.717, 1.165) is 11.1 Å². The maximum atomic E-state index is 12.7. The van der Waals surface area contributed by atoms with Crippen molar-refractivity contribution in [3.8, 4) is 0 Å². The predicted molar refractivity (Wildman–Crippen MR) is 123 cm³/mol. The van der Waals surface area contributed by atoms with Crippen molar-refractivity contribution in [2.24, 2.45) is 23.5 Å². The molecule has 4 N–H and O–H groups in total. The highest BCUT2D eigenvalue weighted by atomic mass is 16.5. The van der Waals surface area contributed by atoms with Crippen molar-refractivity contribution >= 4 is 11.9 Å². The highest BCUT2D eigenvalue weighted by Gasteiger charge is 2.27. The highest BCUT2D eigenvalue weighted by molar-refractivity contribution is 5.91. The van der Waals surface area contributed by atoms with Crippen molar-refractivity contribution in [1.29, 1.82) is 0 Å². The lowest BCUT2D eigenvalue weighted by Crippen LogP contribution is -2.39. The van der Waals surface area contributed by atoms with Crippen LogP contribution in [0.15, 0.2) is 18.2 Å². The predicted octanol–water partition coefficient (Wildman–Crippen LogP) is 4.16. The number of carboxylic acid groups (broad SMARTS) is 1. The van der Waals surface area contributed by atoms with Gasteiger partial charge in [-0.2, -0.15) is 0 Å². The lowest BCUT2D eigenvalue weighted by atomic mass is 9.79. The first-order valence-corrected chi connectivity index (χ1v) is 11.2. The number of aliphatic hydroxyl groups excluding tert-OH is 1. The zero-order valence-corrected chi connectivity index (χ0v) is 20.1. The number of benzene rings is 1. The molecular formula is C25H41NO5. The van der Waals surface area contributed by atoms with E-state index in [0.29, 0.717) is 25.0 Å². The number of nitrogens with two attached hydrogens (primary N) is 1. The first-order chi connectivity index (χ1) is 14.3. The number of esters is 1. The Kier molecular flexibility index (Phi) is 10.2. The Morgan fingerprint density at radius 3 is 2.23 bits per heavy atom. The van der Waals surface area contributed by atoms with Crippen LogP contribution in [0.5, 0.6) is 0 Å². The first-order valence-electron chi connectivity index (χ1n) is 11.2. The molecular weight excluding hydrogens is 394 g/mol. The van der Waals surface area contributed by atoms with E-state index in [4.69, 9.17) is 15.6 Å². The second-order valence-electron chi connectivity index (χ2n) is 9.99. The topological polar surface area (TPSA) is 110 Å². The summed E-state index contributed by atoms with van der Waals surface area (Å²) in [6.07, 6.45) is 0.398. The number of carboxylic acids is 1. The Morgan fingerprint density at radius 2 is 1.74 bits per heavy atom. The molecule has 0 radical (unpaired) electrons. The molecule has 1 rings (SSSR count). The van der Waals surface area contributed by atoms with Gasteiger partial charge in [0.05, 0.1) is 24.2 Å². The average Bonchev–Trinajstić information content (AvgIpc) is 2.66. The van der Waals surface area contributed by atoms with E-state index in [2.05, 4.69) is 40.7 Å². The van der Waals surface area contributed by atoms with Crippen LogP contribution in [-0.2, 0) is 21.4 Å². The van der Waals surface area contributed by atoms with Gasteiger partial charge in [-0.1, -0.05) is 53.7 Å². The lowest BCUT2D eigenvalue weighted by Gasteiger charge is -2.29. The molecule has 0 aliphatic carbocycles. The van der Waals surface area contributed by atoms with Gasteiger partial charge in [-0.05, 0) is 60.6 Å². The van der Waals surface area contributed by atoms with E-state index in [9.17, 15) is 14.7 Å². The minimum absolute atomic E-state index is 0.0927. The largest absolute Gasteiger partial charge is 0.481 e. The molecule has 0 bridgehead atoms. The normalized spacial score (nSPS) is 15.9. The standard InChI is InChI=1S/C25H41NO5/c1-8-31-24(30)20-14-19(25(5,6)7)10-9-17(20)12-18(15(2)3)13-21(26)22(27)11-16(4)23(28)29/h9-10,14-16,18,21-22,27H,8,11-13,26H2,1-7H3,(H,28,29)/t16?,18-,21-,22-/m0/s1. The van der Waals surface area contributed by atoms with Crippen LogP contribution in [0.25, 0.3) is 0 Å². The molecule has 0 aromatic heterocycles. The van der Waals surface area contributed by atoms with E-state index in [-0.39, 0.29) is 29.6 Å². The molecule has 6 nitrogen and oxygen atoms in total. The summed E-state index contributed by atoms with van der Waals surface area (Å²) in [6, 6.07) is 5.44. The fourth-order valence-electron chi connectivity index (χ4n) is 3.64. The smallest absolute Gasteiger partial charge is 0.338 e. The van der Waals surface area contributed by atoms with Gasteiger partial charge in [0, 0.05) is 6.04 Å². The summed E-state index contributed by atoms with van der Waals surface area (Å²) in [6.45, 7) is 14.2. The summed E-state index contributed by atoms with van der Waals surface area (Å²) >= 11 is 0. The molecule has 0 saturated heterocycles. The first kappa shape index (κ1) is 27.1. The maximum Gasteiger partial charge on any atom is 0.338 e. The SMILES string of the molecule is CCOC(=O)c1cc(C(C)(C)C)ccc1C[C@@H](C[C@H](N)[C@@H](O)CC(C)C(=O)O)C(C)C. The van der Waals surface area contributed by atoms with Crippen LogP contribution in [0.2, 0.25) is 0 Å². The molecule has 176 valence electrons. The van der Waals surface area contributed by atoms with Gasteiger partial charge < -0.3 is 20.7 Å². The van der Waals surface area contributed by atoms with E-state index in [1.807, 2.05) is 12.1 Å². The molecule has 0 fully saturated rings. The molecule has 0 aliphatic rings. The quantitative estimate of drug-likeness (QED) is 0.450. The third-order valence-corrected chi connectivity index (χ3v) is 5.98. The average molecular weight is 436 g/mol. The molecule has 1 aromatic carbocycles. The van der Waals surface area contributed by atoms with Gasteiger partial charge in [-0.3, -0.25) is 4.79 Å². The van der Waals surface area contributed by atoms with Crippen LogP contribution in [0.1, 0.15) is 82.8 Å². The van der Waals surface area contributed by atoms with E-state index >= 15 is 0 Å². The number of carbonyl (C=O) groups excluding carboxylic acids is 1. The van der Waals surface area contributed by atoms with Gasteiger partial charge in [-0.25, -0.2) is 4.79 Å². The molecule has 1 aromatic rings. The monoisotopic (exact) mass is 435 g/mol. The summed E-state index contributed by atoms with van der Waals surface area (Å²) < 4.78 is 5.30. The van der Waals surface area contributed by atoms with Crippen LogP contribution in [-0.4, -0.2) is 40.9 Å². The number of ether oxygens (including phenoxy) is 1. The summed E-state index contributed by atoms with van der Waals surface area (Å²) in [5.41, 5.74) is 8.71. The minimum atomic E-state index is -0.940. The molecule has 6 heteroatoms. The Balaban J connectivity index is 3.11. The summed E-state index contributed by atoms with van der Waals surface area (Å²) in [5, 5.41) is 19.5. The van der Waals surface area contributed by atoms with Gasteiger partial charge in [0.2, 0.25) is 0 Å². The molecule has 1 unspecified atom stereocenters. The Labute approximate surface area is 187 Å². The molecule has 31 heavy (non-hydrogen) atoms. The van der Waals surface area contributed by atoms with Crippen molar-refractivity contribution in [1.82, 2.24) is 0 Å². The van der Waals surface area contributed by atoms with Crippen molar-refractivity contribution in [2.75, 3.05) is 6.61 Å². The van der Waals surface area contributed by atoms with E-state index in [1.54, 1.807) is 13.8 Å². The second kappa shape index (κ2) is 11.6. The molecule has 0 saturated carbocycles. The third-order valence-electron chi connectivity index (χ3n) is 5.98. The Bertz CT molecular complexity index is 738. The number of carbonyl (C=O) groups is 2. The zero-order chi connectivity index (χ0) is 23.9. The minimum Gasteiger partial charge on any atom is -0.481 e. The number of aliphatic carboxylic acids is 1. The van der Waals surface area contributed by atoms with Crippen LogP contribution in [0.4, 0.5) is 0 Å². The molecule has 0 heterocycles. The van der Waals surface area contributed by atoms with Crippen molar-refractivity contribution in [3.05, 3.63) is 34.9 Å². The van der Waals surface area contributed by atoms with Crippen molar-refractivity contribution in [2.45, 2.75) is 85.3 Å². The van der Waals surface area contributed by atoms with Crippen LogP contribution in [0.3, 0.4) is 0 Å². The van der Waals surface area contributed by atoms with Crippen LogP contribution >= 0.6 is 0 Å². The van der Waals surface area contributed by atoms with Crippen LogP contribution in [0, 0.1) is 17.8 Å². The van der Waals surface area contributed by atoms with Crippen LogP contribution < -0.4 is 5.73 Å². The molecule has 0 aliphatic heterocycles. The second-order valence-corrected chi connectivity index (χ2v) is 9.99. The lowest BCUT2D eigenvalue weighted by molar-refractivity contribution is -0.142. The van der Waals surface area contributed by atoms with Gasteiger partial charge in [-0.15, -0.1) is 0 Å². The van der Waals surface area contributed by atoms with Crippen molar-refractivity contribution < 1.29 is 24.5 Å². The highest BCUT2D eigenvalue weighted by Crippen LogP contribution is 2.29. The summed E-state index contributed by atoms with van der Waals surface area (Å²) in [5.74, 6) is -1.53. The number of aliphatic hydroxyl groups is 1. The van der Waals surface area contributed by atoms with Gasteiger partial charge in [0.25, 0.3) is 0 Å². The van der Waals surface area contributed by atoms with E-state index in [1.165, 1.54) is 0 Å². The summed E-state index contributed by atoms with van der Waals surface area (Å²) in [4.78, 5) is 23.8. The Morgan fingerprint density at radius 1 is 1.13 bits per heavy atom. The fraction of sp³-hybridized carbons (Fsp3) is 0.680. The molecule has 0 spiro atoms. The fourth-order valence-corrected chi connectivity index (χ4v) is 3.64. The number of rotatable bonds is 11. The third kappa shape index (κ3) is 8.26.